The minimum Gasteiger partial charge on any atom is -0.481 e. The first kappa shape index (κ1) is 14.5. The summed E-state index contributed by atoms with van der Waals surface area (Å²) in [4.78, 5) is 15.3. The van der Waals surface area contributed by atoms with Gasteiger partial charge in [0.05, 0.1) is 28.4 Å². The fourth-order valence-electron chi connectivity index (χ4n) is 1.96. The van der Waals surface area contributed by atoms with Crippen molar-refractivity contribution in [3.63, 3.8) is 0 Å². The molecule has 5 nitrogen and oxygen atoms in total. The Labute approximate surface area is 117 Å². The molecule has 0 bridgehead atoms. The molecule has 1 saturated heterocycles. The molecule has 0 radical (unpaired) electrons. The highest BCUT2D eigenvalue weighted by molar-refractivity contribution is 7.10. The molecule has 0 amide bonds. The van der Waals surface area contributed by atoms with Crippen LogP contribution in [0.2, 0.25) is 0 Å². The summed E-state index contributed by atoms with van der Waals surface area (Å²) in [6, 6.07) is 0. The first-order valence-corrected chi connectivity index (χ1v) is 7.08. The van der Waals surface area contributed by atoms with E-state index >= 15 is 0 Å². The van der Waals surface area contributed by atoms with Gasteiger partial charge < -0.3 is 14.4 Å². The largest absolute Gasteiger partial charge is 0.481 e. The third kappa shape index (κ3) is 2.83. The van der Waals surface area contributed by atoms with Crippen molar-refractivity contribution in [3.8, 4) is 0 Å². The zero-order valence-corrected chi connectivity index (χ0v) is 12.4. The van der Waals surface area contributed by atoms with Crippen LogP contribution >= 0.6 is 11.3 Å². The molecule has 0 aromatic carbocycles. The molecule has 1 N–H and O–H groups in total. The standard InChI is InChI=1S/C12H18BNO4S/c1-11(2)12(3,4)18-13(17-11)8(7-9(15)16)10-14-5-6-19-10/h5-6,8H,7H2,1-4H3,(H,15,16). The molecule has 0 saturated carbocycles. The molecule has 1 aromatic rings. The van der Waals surface area contributed by atoms with Crippen LogP contribution in [-0.4, -0.2) is 34.4 Å². The van der Waals surface area contributed by atoms with Crippen molar-refractivity contribution in [2.45, 2.75) is 51.1 Å². The van der Waals surface area contributed by atoms with Gasteiger partial charge in [-0.1, -0.05) is 0 Å². The van der Waals surface area contributed by atoms with Crippen molar-refractivity contribution in [3.05, 3.63) is 16.6 Å². The van der Waals surface area contributed by atoms with E-state index in [9.17, 15) is 4.79 Å². The van der Waals surface area contributed by atoms with Gasteiger partial charge in [0.2, 0.25) is 0 Å². The Morgan fingerprint density at radius 3 is 2.42 bits per heavy atom. The predicted molar refractivity (Wildman–Crippen MR) is 73.2 cm³/mol. The number of carbonyl (C=O) groups is 1. The smallest absolute Gasteiger partial charge is 0.468 e. The molecular weight excluding hydrogens is 265 g/mol. The Morgan fingerprint density at radius 2 is 2.00 bits per heavy atom. The van der Waals surface area contributed by atoms with Gasteiger partial charge >= 0.3 is 13.1 Å². The third-order valence-electron chi connectivity index (χ3n) is 3.76. The summed E-state index contributed by atoms with van der Waals surface area (Å²) < 4.78 is 11.9. The molecule has 0 aliphatic carbocycles. The topological polar surface area (TPSA) is 68.7 Å². The van der Waals surface area contributed by atoms with E-state index in [4.69, 9.17) is 14.4 Å². The minimum absolute atomic E-state index is 0.0513. The Morgan fingerprint density at radius 1 is 1.42 bits per heavy atom. The van der Waals surface area contributed by atoms with Crippen LogP contribution < -0.4 is 0 Å². The highest BCUT2D eigenvalue weighted by Gasteiger charge is 2.54. The number of rotatable bonds is 4. The van der Waals surface area contributed by atoms with Crippen LogP contribution in [0.25, 0.3) is 0 Å². The van der Waals surface area contributed by atoms with Crippen LogP contribution in [0.5, 0.6) is 0 Å². The molecule has 7 heteroatoms. The van der Waals surface area contributed by atoms with Crippen molar-refractivity contribution in [1.29, 1.82) is 0 Å². The summed E-state index contributed by atoms with van der Waals surface area (Å²) in [6.45, 7) is 7.80. The highest BCUT2D eigenvalue weighted by Crippen LogP contribution is 2.41. The molecule has 2 heterocycles. The maximum absolute atomic E-state index is 11.1. The van der Waals surface area contributed by atoms with Gasteiger partial charge in [-0.3, -0.25) is 4.79 Å². The Balaban J connectivity index is 2.24. The van der Waals surface area contributed by atoms with E-state index in [1.54, 1.807) is 6.20 Å². The lowest BCUT2D eigenvalue weighted by Gasteiger charge is -2.32. The van der Waals surface area contributed by atoms with Crippen LogP contribution in [0.15, 0.2) is 11.6 Å². The van der Waals surface area contributed by atoms with Crippen molar-refractivity contribution in [2.24, 2.45) is 0 Å². The van der Waals surface area contributed by atoms with Gasteiger partial charge in [0.25, 0.3) is 0 Å². The number of carboxylic acid groups (broad SMARTS) is 1. The van der Waals surface area contributed by atoms with Crippen molar-refractivity contribution >= 4 is 24.4 Å². The van der Waals surface area contributed by atoms with Gasteiger partial charge in [-0.05, 0) is 27.7 Å². The van der Waals surface area contributed by atoms with Gasteiger partial charge in [0, 0.05) is 11.6 Å². The summed E-state index contributed by atoms with van der Waals surface area (Å²) in [6.07, 6.45) is 1.62. The predicted octanol–water partition coefficient (Wildman–Crippen LogP) is 2.33. The fraction of sp³-hybridized carbons (Fsp3) is 0.667. The number of carboxylic acids is 1. The lowest BCUT2D eigenvalue weighted by Crippen LogP contribution is -2.41. The molecule has 1 fully saturated rings. The number of aromatic nitrogens is 1. The fourth-order valence-corrected chi connectivity index (χ4v) is 2.71. The van der Waals surface area contributed by atoms with Crippen LogP contribution in [0.3, 0.4) is 0 Å². The van der Waals surface area contributed by atoms with Crippen LogP contribution in [0.1, 0.15) is 44.9 Å². The molecule has 1 aromatic heterocycles. The van der Waals surface area contributed by atoms with Gasteiger partial charge in [-0.2, -0.15) is 0 Å². The highest BCUT2D eigenvalue weighted by atomic mass is 32.1. The summed E-state index contributed by atoms with van der Waals surface area (Å²) >= 11 is 1.43. The molecule has 1 unspecified atom stereocenters. The van der Waals surface area contributed by atoms with Crippen molar-refractivity contribution in [2.75, 3.05) is 0 Å². The second-order valence-electron chi connectivity index (χ2n) is 5.70. The first-order chi connectivity index (χ1) is 8.73. The molecular formula is C12H18BNO4S. The second-order valence-corrected chi connectivity index (χ2v) is 6.63. The van der Waals surface area contributed by atoms with E-state index in [-0.39, 0.29) is 12.2 Å². The minimum atomic E-state index is -0.880. The average Bonchev–Trinajstić information content (AvgIpc) is 2.82. The summed E-state index contributed by atoms with van der Waals surface area (Å²) in [5.41, 5.74) is -0.933. The van der Waals surface area contributed by atoms with Gasteiger partial charge in [-0.15, -0.1) is 11.3 Å². The third-order valence-corrected chi connectivity index (χ3v) is 4.67. The quantitative estimate of drug-likeness (QED) is 0.859. The van der Waals surface area contributed by atoms with Gasteiger partial charge in [-0.25, -0.2) is 4.98 Å². The van der Waals surface area contributed by atoms with E-state index in [2.05, 4.69) is 4.98 Å². The average molecular weight is 283 g/mol. The summed E-state index contributed by atoms with van der Waals surface area (Å²) in [7, 11) is -0.577. The lowest BCUT2D eigenvalue weighted by atomic mass is 9.70. The molecule has 2 rings (SSSR count). The van der Waals surface area contributed by atoms with E-state index in [1.807, 2.05) is 33.1 Å². The van der Waals surface area contributed by atoms with Gasteiger partial charge in [0.15, 0.2) is 0 Å². The SMILES string of the molecule is CC1(C)OB(C(CC(=O)O)c2nccs2)OC1(C)C. The molecule has 0 spiro atoms. The number of aliphatic carboxylic acids is 1. The zero-order chi connectivity index (χ0) is 14.3. The monoisotopic (exact) mass is 283 g/mol. The molecule has 1 aliphatic heterocycles. The molecule has 1 atom stereocenters. The summed E-state index contributed by atoms with van der Waals surface area (Å²) in [5.74, 6) is -1.26. The van der Waals surface area contributed by atoms with E-state index in [0.717, 1.165) is 5.01 Å². The van der Waals surface area contributed by atoms with Crippen molar-refractivity contribution in [1.82, 2.24) is 4.98 Å². The van der Waals surface area contributed by atoms with Crippen LogP contribution in [-0.2, 0) is 14.1 Å². The number of hydrogen-bond donors (Lipinski definition) is 1. The Bertz CT molecular complexity index is 444. The number of hydrogen-bond acceptors (Lipinski definition) is 5. The molecule has 1 aliphatic rings. The Kier molecular flexibility index (Phi) is 3.73. The molecule has 104 valence electrons. The van der Waals surface area contributed by atoms with Crippen LogP contribution in [0, 0.1) is 0 Å². The van der Waals surface area contributed by atoms with Crippen molar-refractivity contribution < 1.29 is 19.2 Å². The first-order valence-electron chi connectivity index (χ1n) is 6.20. The maximum atomic E-state index is 11.1. The van der Waals surface area contributed by atoms with Gasteiger partial charge in [0.1, 0.15) is 0 Å². The second kappa shape index (κ2) is 4.88. The number of nitrogens with zero attached hydrogens (tertiary/aromatic N) is 1. The number of thiazole rings is 1. The molecule has 19 heavy (non-hydrogen) atoms. The van der Waals surface area contributed by atoms with E-state index in [1.165, 1.54) is 11.3 Å². The van der Waals surface area contributed by atoms with E-state index in [0.29, 0.717) is 0 Å². The normalized spacial score (nSPS) is 22.4. The van der Waals surface area contributed by atoms with Crippen LogP contribution in [0.4, 0.5) is 0 Å². The zero-order valence-electron chi connectivity index (χ0n) is 11.5. The summed E-state index contributed by atoms with van der Waals surface area (Å²) in [5, 5.41) is 11.6. The lowest BCUT2D eigenvalue weighted by molar-refractivity contribution is -0.137. The van der Waals surface area contributed by atoms with E-state index < -0.39 is 24.3 Å². The Hall–Kier alpha value is -0.915. The maximum Gasteiger partial charge on any atom is 0.468 e.